The molecule has 0 spiro atoms. The molecule has 1 unspecified atom stereocenters. The van der Waals surface area contributed by atoms with Gasteiger partial charge in [0.25, 0.3) is 5.91 Å². The lowest BCUT2D eigenvalue weighted by atomic mass is 9.99. The van der Waals surface area contributed by atoms with E-state index in [0.717, 1.165) is 51.0 Å². The van der Waals surface area contributed by atoms with Gasteiger partial charge in [-0.15, -0.1) is 0 Å². The number of benzene rings is 1. The summed E-state index contributed by atoms with van der Waals surface area (Å²) < 4.78 is 1.96. The van der Waals surface area contributed by atoms with Crippen LogP contribution in [-0.2, 0) is 6.42 Å². The standard InChI is InChI=1S/C19H24N4O/c1-14-6-7-15-4-3-10-22(18(15)12-14)19(24)17-8-11-23(21-17)16-5-2-9-20-13-16/h6-8,11-12,16,20H,2-5,9-10,13H2,1H3. The fourth-order valence-electron chi connectivity index (χ4n) is 3.75. The molecular weight excluding hydrogens is 300 g/mol. The van der Waals surface area contributed by atoms with Gasteiger partial charge in [-0.3, -0.25) is 9.48 Å². The van der Waals surface area contributed by atoms with E-state index in [2.05, 4.69) is 35.5 Å². The lowest BCUT2D eigenvalue weighted by molar-refractivity contribution is 0.0979. The minimum atomic E-state index is 0.0177. The molecule has 2 aliphatic rings. The van der Waals surface area contributed by atoms with Crippen LogP contribution in [0, 0.1) is 6.92 Å². The Labute approximate surface area is 142 Å². The van der Waals surface area contributed by atoms with E-state index in [1.54, 1.807) is 0 Å². The Morgan fingerprint density at radius 3 is 3.04 bits per heavy atom. The van der Waals surface area contributed by atoms with E-state index in [1.807, 2.05) is 21.8 Å². The number of aryl methyl sites for hydroxylation is 2. The maximum absolute atomic E-state index is 13.0. The molecule has 1 aromatic heterocycles. The van der Waals surface area contributed by atoms with E-state index >= 15 is 0 Å². The number of rotatable bonds is 2. The summed E-state index contributed by atoms with van der Waals surface area (Å²) in [4.78, 5) is 14.9. The molecule has 24 heavy (non-hydrogen) atoms. The molecule has 0 radical (unpaired) electrons. The monoisotopic (exact) mass is 324 g/mol. The van der Waals surface area contributed by atoms with Gasteiger partial charge < -0.3 is 10.2 Å². The van der Waals surface area contributed by atoms with Crippen molar-refractivity contribution in [1.82, 2.24) is 15.1 Å². The third kappa shape index (κ3) is 2.84. The molecule has 2 aliphatic heterocycles. The minimum Gasteiger partial charge on any atom is -0.315 e. The molecule has 2 aromatic rings. The largest absolute Gasteiger partial charge is 0.315 e. The van der Waals surface area contributed by atoms with Gasteiger partial charge in [-0.1, -0.05) is 12.1 Å². The third-order valence-corrected chi connectivity index (χ3v) is 5.08. The predicted octanol–water partition coefficient (Wildman–Crippen LogP) is 2.71. The highest BCUT2D eigenvalue weighted by Gasteiger charge is 2.26. The Bertz CT molecular complexity index is 746. The third-order valence-electron chi connectivity index (χ3n) is 5.08. The van der Waals surface area contributed by atoms with Crippen molar-refractivity contribution in [3.8, 4) is 0 Å². The number of hydrogen-bond acceptors (Lipinski definition) is 3. The SMILES string of the molecule is Cc1ccc2c(c1)N(C(=O)c1ccn(C3CCCNC3)n1)CCC2. The molecule has 1 N–H and O–H groups in total. The second-order valence-electron chi connectivity index (χ2n) is 6.87. The second-order valence-corrected chi connectivity index (χ2v) is 6.87. The Balaban J connectivity index is 1.59. The average molecular weight is 324 g/mol. The summed E-state index contributed by atoms with van der Waals surface area (Å²) in [7, 11) is 0. The van der Waals surface area contributed by atoms with Crippen LogP contribution in [0.4, 0.5) is 5.69 Å². The van der Waals surface area contributed by atoms with Gasteiger partial charge in [-0.05, 0) is 62.4 Å². The van der Waals surface area contributed by atoms with Gasteiger partial charge in [0, 0.05) is 25.0 Å². The molecule has 1 amide bonds. The van der Waals surface area contributed by atoms with Crippen LogP contribution >= 0.6 is 0 Å². The van der Waals surface area contributed by atoms with Crippen LogP contribution in [0.15, 0.2) is 30.5 Å². The summed E-state index contributed by atoms with van der Waals surface area (Å²) in [6.07, 6.45) is 6.28. The lowest BCUT2D eigenvalue weighted by Crippen LogP contribution is -2.36. The maximum atomic E-state index is 13.0. The van der Waals surface area contributed by atoms with E-state index in [4.69, 9.17) is 0 Å². The van der Waals surface area contributed by atoms with Gasteiger partial charge in [0.2, 0.25) is 0 Å². The number of carbonyl (C=O) groups excluding carboxylic acids is 1. The first-order chi connectivity index (χ1) is 11.7. The fraction of sp³-hybridized carbons (Fsp3) is 0.474. The van der Waals surface area contributed by atoms with Crippen molar-refractivity contribution in [1.29, 1.82) is 0 Å². The number of aromatic nitrogens is 2. The summed E-state index contributed by atoms with van der Waals surface area (Å²) in [5, 5.41) is 7.99. The Kier molecular flexibility index (Phi) is 4.10. The van der Waals surface area contributed by atoms with Crippen molar-refractivity contribution in [2.45, 2.75) is 38.6 Å². The first kappa shape index (κ1) is 15.4. The van der Waals surface area contributed by atoms with E-state index < -0.39 is 0 Å². The van der Waals surface area contributed by atoms with Crippen LogP contribution in [-0.4, -0.2) is 35.3 Å². The first-order valence-corrected chi connectivity index (χ1v) is 8.89. The smallest absolute Gasteiger partial charge is 0.278 e. The average Bonchev–Trinajstić information content (AvgIpc) is 3.11. The predicted molar refractivity (Wildman–Crippen MR) is 94.5 cm³/mol. The van der Waals surface area contributed by atoms with Gasteiger partial charge in [0.1, 0.15) is 0 Å². The number of carbonyl (C=O) groups is 1. The fourth-order valence-corrected chi connectivity index (χ4v) is 3.75. The van der Waals surface area contributed by atoms with Gasteiger partial charge in [-0.2, -0.15) is 5.10 Å². The summed E-state index contributed by atoms with van der Waals surface area (Å²) in [5.74, 6) is 0.0177. The number of piperidine rings is 1. The number of nitrogens with one attached hydrogen (secondary N) is 1. The first-order valence-electron chi connectivity index (χ1n) is 8.89. The number of hydrogen-bond donors (Lipinski definition) is 1. The van der Waals surface area contributed by atoms with E-state index in [0.29, 0.717) is 11.7 Å². The number of amides is 1. The molecule has 1 fully saturated rings. The quantitative estimate of drug-likeness (QED) is 0.924. The molecule has 5 nitrogen and oxygen atoms in total. The van der Waals surface area contributed by atoms with Crippen LogP contribution in [0.25, 0.3) is 0 Å². The molecule has 5 heteroatoms. The molecule has 1 saturated heterocycles. The van der Waals surface area contributed by atoms with E-state index in [1.165, 1.54) is 11.1 Å². The van der Waals surface area contributed by atoms with Gasteiger partial charge in [-0.25, -0.2) is 0 Å². The number of fused-ring (bicyclic) bond motifs is 1. The highest BCUT2D eigenvalue weighted by Crippen LogP contribution is 2.29. The lowest BCUT2D eigenvalue weighted by Gasteiger charge is -2.29. The van der Waals surface area contributed by atoms with Crippen molar-refractivity contribution >= 4 is 11.6 Å². The normalized spacial score (nSPS) is 20.7. The molecule has 0 saturated carbocycles. The van der Waals surface area contributed by atoms with Crippen LogP contribution in [0.2, 0.25) is 0 Å². The van der Waals surface area contributed by atoms with E-state index in [9.17, 15) is 4.79 Å². The molecular formula is C19H24N4O. The molecule has 3 heterocycles. The summed E-state index contributed by atoms with van der Waals surface area (Å²) in [5.41, 5.74) is 4.05. The Hall–Kier alpha value is -2.14. The van der Waals surface area contributed by atoms with E-state index in [-0.39, 0.29) is 5.91 Å². The van der Waals surface area contributed by atoms with Crippen molar-refractivity contribution < 1.29 is 4.79 Å². The van der Waals surface area contributed by atoms with Gasteiger partial charge in [0.05, 0.1) is 6.04 Å². The minimum absolute atomic E-state index is 0.0177. The zero-order valence-electron chi connectivity index (χ0n) is 14.2. The van der Waals surface area contributed by atoms with Gasteiger partial charge >= 0.3 is 0 Å². The summed E-state index contributed by atoms with van der Waals surface area (Å²) in [6.45, 7) is 4.85. The number of anilines is 1. The molecule has 0 aliphatic carbocycles. The molecule has 1 atom stereocenters. The van der Waals surface area contributed by atoms with Crippen molar-refractivity contribution in [3.63, 3.8) is 0 Å². The highest BCUT2D eigenvalue weighted by atomic mass is 16.2. The topological polar surface area (TPSA) is 50.2 Å². The second kappa shape index (κ2) is 6.40. The van der Waals surface area contributed by atoms with Crippen molar-refractivity contribution in [2.75, 3.05) is 24.5 Å². The van der Waals surface area contributed by atoms with Crippen molar-refractivity contribution in [3.05, 3.63) is 47.3 Å². The Morgan fingerprint density at radius 1 is 1.29 bits per heavy atom. The zero-order chi connectivity index (χ0) is 16.5. The van der Waals surface area contributed by atoms with Crippen LogP contribution < -0.4 is 10.2 Å². The molecule has 4 rings (SSSR count). The van der Waals surface area contributed by atoms with Crippen molar-refractivity contribution in [2.24, 2.45) is 0 Å². The zero-order valence-corrected chi connectivity index (χ0v) is 14.2. The molecule has 126 valence electrons. The van der Waals surface area contributed by atoms with Crippen LogP contribution in [0.5, 0.6) is 0 Å². The van der Waals surface area contributed by atoms with Gasteiger partial charge in [0.15, 0.2) is 5.69 Å². The number of nitrogens with zero attached hydrogens (tertiary/aromatic N) is 3. The summed E-state index contributed by atoms with van der Waals surface area (Å²) in [6, 6.07) is 8.61. The maximum Gasteiger partial charge on any atom is 0.278 e. The molecule has 0 bridgehead atoms. The Morgan fingerprint density at radius 2 is 2.21 bits per heavy atom. The summed E-state index contributed by atoms with van der Waals surface area (Å²) >= 11 is 0. The van der Waals surface area contributed by atoms with Crippen LogP contribution in [0.1, 0.15) is 46.9 Å². The highest BCUT2D eigenvalue weighted by molar-refractivity contribution is 6.05. The van der Waals surface area contributed by atoms with Crippen LogP contribution in [0.3, 0.4) is 0 Å². The molecule has 1 aromatic carbocycles.